The van der Waals surface area contributed by atoms with E-state index in [2.05, 4.69) is 85.6 Å². The first kappa shape index (κ1) is 29.0. The molecule has 0 radical (unpaired) electrons. The number of nitrogens with one attached hydrogen (secondary N) is 1. The molecule has 2 rings (SSSR count). The normalized spacial score (nSPS) is 20.5. The van der Waals surface area contributed by atoms with Crippen molar-refractivity contribution in [1.29, 1.82) is 0 Å². The maximum Gasteiger partial charge on any atom is 0.192 e. The van der Waals surface area contributed by atoms with Gasteiger partial charge in [-0.15, -0.1) is 6.58 Å². The van der Waals surface area contributed by atoms with E-state index in [0.717, 1.165) is 18.6 Å². The third kappa shape index (κ3) is 7.92. The van der Waals surface area contributed by atoms with Crippen LogP contribution in [0.2, 0.25) is 18.1 Å². The van der Waals surface area contributed by atoms with Gasteiger partial charge in [0.25, 0.3) is 0 Å². The Morgan fingerprint density at radius 2 is 1.85 bits per heavy atom. The summed E-state index contributed by atoms with van der Waals surface area (Å²) in [6.45, 7) is 25.1. The lowest BCUT2D eigenvalue weighted by Crippen LogP contribution is -2.53. The minimum atomic E-state index is -1.96. The lowest BCUT2D eigenvalue weighted by atomic mass is 9.99. The Balaban J connectivity index is 2.25. The molecule has 4 atom stereocenters. The van der Waals surface area contributed by atoms with E-state index in [1.54, 1.807) is 0 Å². The number of rotatable bonds is 13. The summed E-state index contributed by atoms with van der Waals surface area (Å²) in [7, 11) is -1.96. The van der Waals surface area contributed by atoms with Gasteiger partial charge in [-0.1, -0.05) is 46.8 Å². The van der Waals surface area contributed by atoms with Gasteiger partial charge in [0.2, 0.25) is 0 Å². The molecule has 1 aliphatic carbocycles. The van der Waals surface area contributed by atoms with Crippen LogP contribution in [0.3, 0.4) is 0 Å². The Hall–Kier alpha value is -1.18. The summed E-state index contributed by atoms with van der Waals surface area (Å²) in [5, 5.41) is 3.94. The highest BCUT2D eigenvalue weighted by Crippen LogP contribution is 2.43. The van der Waals surface area contributed by atoms with Gasteiger partial charge in [-0.05, 0) is 74.0 Å². The summed E-state index contributed by atoms with van der Waals surface area (Å²) in [6, 6.07) is 6.52. The Morgan fingerprint density at radius 1 is 1.18 bits per heavy atom. The number of benzene rings is 1. The Morgan fingerprint density at radius 3 is 2.41 bits per heavy atom. The smallest absolute Gasteiger partial charge is 0.192 e. The predicted molar refractivity (Wildman–Crippen MR) is 146 cm³/mol. The van der Waals surface area contributed by atoms with Gasteiger partial charge in [0, 0.05) is 18.6 Å². The molecule has 1 aromatic rings. The molecule has 0 heterocycles. The van der Waals surface area contributed by atoms with Gasteiger partial charge in [-0.3, -0.25) is 0 Å². The summed E-state index contributed by atoms with van der Waals surface area (Å²) in [4.78, 5) is 0. The molecule has 1 aliphatic rings. The highest BCUT2D eigenvalue weighted by atomic mass is 28.4. The third-order valence-electron chi connectivity index (χ3n) is 7.06. The maximum atomic E-state index is 6.86. The molecular formula is C28H50N2O3Si. The van der Waals surface area contributed by atoms with Gasteiger partial charge >= 0.3 is 0 Å². The first-order chi connectivity index (χ1) is 15.7. The van der Waals surface area contributed by atoms with E-state index in [4.69, 9.17) is 19.6 Å². The molecule has 0 saturated carbocycles. The van der Waals surface area contributed by atoms with E-state index in [0.29, 0.717) is 19.1 Å². The molecule has 0 aliphatic heterocycles. The van der Waals surface area contributed by atoms with Crippen LogP contribution in [-0.4, -0.2) is 39.7 Å². The van der Waals surface area contributed by atoms with Crippen LogP contribution in [0, 0.1) is 5.92 Å². The zero-order valence-electron chi connectivity index (χ0n) is 23.1. The van der Waals surface area contributed by atoms with Gasteiger partial charge in [-0.25, -0.2) is 0 Å². The SMILES string of the molecule is C=CCO[C@@H]1C[C@H](NC[C@@H](O[Si](C)(C)C(C)(C)C)[C@@H](N)CC(C)C)c2cc(OC(C)C)ccc21. The van der Waals surface area contributed by atoms with Crippen LogP contribution in [0.15, 0.2) is 30.9 Å². The maximum absolute atomic E-state index is 6.86. The molecule has 0 saturated heterocycles. The van der Waals surface area contributed by atoms with Gasteiger partial charge in [0.15, 0.2) is 8.32 Å². The van der Waals surface area contributed by atoms with E-state index in [9.17, 15) is 0 Å². The standard InChI is InChI=1S/C28H50N2O3Si/c1-11-14-31-26-17-25(23-16-21(32-20(4)5)12-13-22(23)26)30-18-27(24(29)15-19(2)3)33-34(9,10)28(6,7)8/h11-13,16,19-20,24-27,30H,1,14-15,17-18,29H2,2-10H3/t24-,25-,26+,27+/m0/s1. The topological polar surface area (TPSA) is 65.7 Å². The number of ether oxygens (including phenoxy) is 2. The van der Waals surface area contributed by atoms with Crippen LogP contribution in [0.5, 0.6) is 5.75 Å². The van der Waals surface area contributed by atoms with Crippen molar-refractivity contribution in [3.8, 4) is 5.75 Å². The second-order valence-corrected chi connectivity index (χ2v) is 16.7. The summed E-state index contributed by atoms with van der Waals surface area (Å²) in [5.74, 6) is 1.43. The molecule has 0 unspecified atom stereocenters. The second kappa shape index (κ2) is 12.2. The van der Waals surface area contributed by atoms with E-state index >= 15 is 0 Å². The first-order valence-corrected chi connectivity index (χ1v) is 15.9. The van der Waals surface area contributed by atoms with Gasteiger partial charge in [0.1, 0.15) is 5.75 Å². The van der Waals surface area contributed by atoms with E-state index in [1.807, 2.05) is 12.1 Å². The van der Waals surface area contributed by atoms with Crippen molar-refractivity contribution in [2.75, 3.05) is 13.2 Å². The van der Waals surface area contributed by atoms with Crippen LogP contribution in [-0.2, 0) is 9.16 Å². The quantitative estimate of drug-likeness (QED) is 0.243. The summed E-state index contributed by atoms with van der Waals surface area (Å²) in [5.41, 5.74) is 9.19. The van der Waals surface area contributed by atoms with Crippen LogP contribution < -0.4 is 15.8 Å². The van der Waals surface area contributed by atoms with Crippen molar-refractivity contribution in [3.05, 3.63) is 42.0 Å². The van der Waals surface area contributed by atoms with E-state index < -0.39 is 8.32 Å². The molecule has 1 aromatic carbocycles. The molecule has 0 spiro atoms. The number of hydrogen-bond acceptors (Lipinski definition) is 5. The Labute approximate surface area is 209 Å². The average Bonchev–Trinajstić information content (AvgIpc) is 3.04. The minimum Gasteiger partial charge on any atom is -0.491 e. The van der Waals surface area contributed by atoms with Gasteiger partial charge < -0.3 is 25.0 Å². The summed E-state index contributed by atoms with van der Waals surface area (Å²) in [6.07, 6.45) is 3.78. The van der Waals surface area contributed by atoms with Crippen LogP contribution in [0.1, 0.15) is 84.6 Å². The van der Waals surface area contributed by atoms with Crippen molar-refractivity contribution in [2.45, 2.75) is 110 Å². The molecule has 5 nitrogen and oxygen atoms in total. The molecule has 0 fully saturated rings. The summed E-state index contributed by atoms with van der Waals surface area (Å²) < 4.78 is 19.0. The fourth-order valence-electron chi connectivity index (χ4n) is 4.29. The van der Waals surface area contributed by atoms with Crippen LogP contribution in [0.25, 0.3) is 0 Å². The lowest BCUT2D eigenvalue weighted by molar-refractivity contribution is 0.0679. The molecule has 3 N–H and O–H groups in total. The molecule has 0 amide bonds. The minimum absolute atomic E-state index is 0.00841. The summed E-state index contributed by atoms with van der Waals surface area (Å²) >= 11 is 0. The van der Waals surface area contributed by atoms with Crippen molar-refractivity contribution in [2.24, 2.45) is 11.7 Å². The zero-order chi connectivity index (χ0) is 25.7. The Bertz CT molecular complexity index is 788. The van der Waals surface area contributed by atoms with Crippen LogP contribution in [0.4, 0.5) is 0 Å². The van der Waals surface area contributed by atoms with Crippen molar-refractivity contribution >= 4 is 8.32 Å². The second-order valence-electron chi connectivity index (χ2n) is 12.0. The van der Waals surface area contributed by atoms with Crippen LogP contribution >= 0.6 is 0 Å². The molecule has 6 heteroatoms. The molecule has 0 bridgehead atoms. The van der Waals surface area contributed by atoms with Crippen molar-refractivity contribution < 1.29 is 13.9 Å². The number of hydrogen-bond donors (Lipinski definition) is 2. The molecule has 34 heavy (non-hydrogen) atoms. The van der Waals surface area contributed by atoms with E-state index in [-0.39, 0.29) is 35.4 Å². The fraction of sp³-hybridized carbons (Fsp3) is 0.714. The monoisotopic (exact) mass is 490 g/mol. The largest absolute Gasteiger partial charge is 0.491 e. The molecule has 0 aromatic heterocycles. The van der Waals surface area contributed by atoms with Crippen molar-refractivity contribution in [1.82, 2.24) is 5.32 Å². The average molecular weight is 491 g/mol. The fourth-order valence-corrected chi connectivity index (χ4v) is 5.66. The zero-order valence-corrected chi connectivity index (χ0v) is 24.1. The van der Waals surface area contributed by atoms with Crippen molar-refractivity contribution in [3.63, 3.8) is 0 Å². The van der Waals surface area contributed by atoms with E-state index in [1.165, 1.54) is 11.1 Å². The number of nitrogens with two attached hydrogens (primary N) is 1. The highest BCUT2D eigenvalue weighted by molar-refractivity contribution is 6.74. The highest BCUT2D eigenvalue weighted by Gasteiger charge is 2.41. The number of fused-ring (bicyclic) bond motifs is 1. The lowest BCUT2D eigenvalue weighted by Gasteiger charge is -2.41. The predicted octanol–water partition coefficient (Wildman–Crippen LogP) is 6.52. The Kier molecular flexibility index (Phi) is 10.4. The van der Waals surface area contributed by atoms with Gasteiger partial charge in [-0.2, -0.15) is 0 Å². The molecule has 194 valence electrons. The first-order valence-electron chi connectivity index (χ1n) is 12.9. The molecular weight excluding hydrogens is 440 g/mol. The third-order valence-corrected chi connectivity index (χ3v) is 11.6. The van der Waals surface area contributed by atoms with Gasteiger partial charge in [0.05, 0.1) is 24.9 Å².